The molecule has 0 bridgehead atoms. The van der Waals surface area contributed by atoms with Crippen LogP contribution in [0.3, 0.4) is 0 Å². The van der Waals surface area contributed by atoms with Gasteiger partial charge in [0, 0.05) is 12.1 Å². The Bertz CT molecular complexity index is 467. The van der Waals surface area contributed by atoms with E-state index in [1.54, 1.807) is 13.0 Å². The summed E-state index contributed by atoms with van der Waals surface area (Å²) in [7, 11) is -3.69. The van der Waals surface area contributed by atoms with Crippen LogP contribution in [-0.4, -0.2) is 32.2 Å². The largest absolute Gasteiger partial charge is 0.447 e. The zero-order valence-electron chi connectivity index (χ0n) is 10.8. The van der Waals surface area contributed by atoms with E-state index in [0.29, 0.717) is 18.3 Å². The minimum absolute atomic E-state index is 0.136. The van der Waals surface area contributed by atoms with Gasteiger partial charge in [-0.05, 0) is 19.1 Å². The van der Waals surface area contributed by atoms with Crippen LogP contribution in [0.2, 0.25) is 0 Å². The van der Waals surface area contributed by atoms with E-state index in [2.05, 4.69) is 10.0 Å². The van der Waals surface area contributed by atoms with Crippen LogP contribution in [-0.2, 0) is 16.6 Å². The van der Waals surface area contributed by atoms with Crippen LogP contribution in [0.15, 0.2) is 21.6 Å². The van der Waals surface area contributed by atoms with Crippen LogP contribution in [0, 0.1) is 0 Å². The minimum Gasteiger partial charge on any atom is -0.447 e. The predicted molar refractivity (Wildman–Crippen MR) is 67.6 cm³/mol. The fourth-order valence-corrected chi connectivity index (χ4v) is 2.45. The van der Waals surface area contributed by atoms with Crippen molar-refractivity contribution in [3.8, 4) is 0 Å². The molecule has 1 unspecified atom stereocenters. The van der Waals surface area contributed by atoms with Gasteiger partial charge in [0.1, 0.15) is 5.76 Å². The van der Waals surface area contributed by atoms with Gasteiger partial charge in [0.15, 0.2) is 0 Å². The Labute approximate surface area is 107 Å². The highest BCUT2D eigenvalue weighted by Gasteiger charge is 2.20. The van der Waals surface area contributed by atoms with Gasteiger partial charge >= 0.3 is 0 Å². The lowest BCUT2D eigenvalue weighted by Crippen LogP contribution is -2.34. The van der Waals surface area contributed by atoms with Gasteiger partial charge in [-0.25, -0.2) is 13.1 Å². The van der Waals surface area contributed by atoms with Crippen molar-refractivity contribution in [1.29, 1.82) is 0 Å². The average Bonchev–Trinajstić information content (AvgIpc) is 2.75. The van der Waals surface area contributed by atoms with E-state index >= 15 is 0 Å². The molecule has 104 valence electrons. The minimum atomic E-state index is -3.69. The average molecular weight is 276 g/mol. The lowest BCUT2D eigenvalue weighted by molar-refractivity contribution is 0.264. The van der Waals surface area contributed by atoms with E-state index in [1.165, 1.54) is 6.07 Å². The number of rotatable bonds is 7. The highest BCUT2D eigenvalue weighted by atomic mass is 32.2. The van der Waals surface area contributed by atoms with E-state index in [-0.39, 0.29) is 11.7 Å². The third kappa shape index (κ3) is 4.41. The SMILES string of the molecule is CC(C)NCc1ccc(S(=O)(=O)NC(C)CO)o1. The standard InChI is InChI=1S/C11H20N2O4S/c1-8(2)12-6-10-4-5-11(17-10)18(15,16)13-9(3)7-14/h4-5,8-9,12-14H,6-7H2,1-3H3. The Morgan fingerprint density at radius 2 is 2.00 bits per heavy atom. The smallest absolute Gasteiger partial charge is 0.274 e. The molecule has 0 aliphatic carbocycles. The fourth-order valence-electron chi connectivity index (χ4n) is 1.26. The van der Waals surface area contributed by atoms with E-state index < -0.39 is 16.1 Å². The van der Waals surface area contributed by atoms with Gasteiger partial charge in [0.2, 0.25) is 5.09 Å². The van der Waals surface area contributed by atoms with Crippen LogP contribution >= 0.6 is 0 Å². The molecule has 3 N–H and O–H groups in total. The summed E-state index contributed by atoms with van der Waals surface area (Å²) >= 11 is 0. The lowest BCUT2D eigenvalue weighted by atomic mass is 10.3. The van der Waals surface area contributed by atoms with Crippen molar-refractivity contribution < 1.29 is 17.9 Å². The maximum absolute atomic E-state index is 11.8. The first-order valence-corrected chi connectivity index (χ1v) is 7.28. The summed E-state index contributed by atoms with van der Waals surface area (Å²) in [6.45, 7) is 5.77. The molecule has 1 aromatic rings. The molecular weight excluding hydrogens is 256 g/mol. The van der Waals surface area contributed by atoms with Crippen LogP contribution in [0.5, 0.6) is 0 Å². The van der Waals surface area contributed by atoms with E-state index in [4.69, 9.17) is 9.52 Å². The number of nitrogens with one attached hydrogen (secondary N) is 2. The Hall–Kier alpha value is -0.890. The van der Waals surface area contributed by atoms with Crippen LogP contribution in [0.25, 0.3) is 0 Å². The first-order chi connectivity index (χ1) is 8.35. The Balaban J connectivity index is 2.72. The van der Waals surface area contributed by atoms with Crippen molar-refractivity contribution >= 4 is 10.0 Å². The van der Waals surface area contributed by atoms with Crippen LogP contribution in [0.4, 0.5) is 0 Å². The zero-order valence-corrected chi connectivity index (χ0v) is 11.6. The molecular formula is C11H20N2O4S. The third-order valence-corrected chi connectivity index (χ3v) is 3.68. The van der Waals surface area contributed by atoms with Crippen LogP contribution < -0.4 is 10.0 Å². The molecule has 0 spiro atoms. The molecule has 0 fully saturated rings. The Morgan fingerprint density at radius 3 is 2.56 bits per heavy atom. The Morgan fingerprint density at radius 1 is 1.33 bits per heavy atom. The third-order valence-electron chi connectivity index (χ3n) is 2.22. The second kappa shape index (κ2) is 6.33. The quantitative estimate of drug-likeness (QED) is 0.672. The number of sulfonamides is 1. The molecule has 1 rings (SSSR count). The number of aliphatic hydroxyl groups is 1. The fraction of sp³-hybridized carbons (Fsp3) is 0.636. The first-order valence-electron chi connectivity index (χ1n) is 5.80. The number of aliphatic hydroxyl groups excluding tert-OH is 1. The highest BCUT2D eigenvalue weighted by Crippen LogP contribution is 2.14. The van der Waals surface area contributed by atoms with E-state index in [9.17, 15) is 8.42 Å². The molecule has 6 nitrogen and oxygen atoms in total. The van der Waals surface area contributed by atoms with Crippen molar-refractivity contribution in [3.63, 3.8) is 0 Å². The first kappa shape index (κ1) is 15.2. The maximum atomic E-state index is 11.8. The Kier molecular flexibility index (Phi) is 5.33. The summed E-state index contributed by atoms with van der Waals surface area (Å²) in [5.74, 6) is 0.556. The van der Waals surface area contributed by atoms with E-state index in [1.807, 2.05) is 13.8 Å². The number of furan rings is 1. The van der Waals surface area contributed by atoms with Gasteiger partial charge in [-0.1, -0.05) is 13.8 Å². The molecule has 18 heavy (non-hydrogen) atoms. The monoisotopic (exact) mass is 276 g/mol. The molecule has 0 saturated heterocycles. The molecule has 0 aliphatic heterocycles. The summed E-state index contributed by atoms with van der Waals surface area (Å²) in [6, 6.07) is 2.78. The number of hydrogen-bond donors (Lipinski definition) is 3. The van der Waals surface area contributed by atoms with Gasteiger partial charge < -0.3 is 14.8 Å². The molecule has 1 heterocycles. The van der Waals surface area contributed by atoms with Gasteiger partial charge in [-0.3, -0.25) is 0 Å². The molecule has 0 aromatic carbocycles. The summed E-state index contributed by atoms with van der Waals surface area (Å²) in [6.07, 6.45) is 0. The molecule has 0 radical (unpaired) electrons. The van der Waals surface area contributed by atoms with Gasteiger partial charge in [-0.2, -0.15) is 0 Å². The molecule has 1 atom stereocenters. The predicted octanol–water partition coefficient (Wildman–Crippen LogP) is 0.437. The van der Waals surface area contributed by atoms with Crippen molar-refractivity contribution in [2.75, 3.05) is 6.61 Å². The zero-order chi connectivity index (χ0) is 13.8. The number of hydrogen-bond acceptors (Lipinski definition) is 5. The van der Waals surface area contributed by atoms with Crippen molar-refractivity contribution in [3.05, 3.63) is 17.9 Å². The van der Waals surface area contributed by atoms with Gasteiger partial charge in [0.05, 0.1) is 13.2 Å². The molecule has 1 aromatic heterocycles. The topological polar surface area (TPSA) is 91.6 Å². The second-order valence-corrected chi connectivity index (χ2v) is 6.11. The molecule has 0 saturated carbocycles. The normalized spacial score (nSPS) is 14.1. The van der Waals surface area contributed by atoms with Crippen molar-refractivity contribution in [1.82, 2.24) is 10.0 Å². The second-order valence-electron chi connectivity index (χ2n) is 4.46. The van der Waals surface area contributed by atoms with Gasteiger partial charge in [-0.15, -0.1) is 0 Å². The van der Waals surface area contributed by atoms with Crippen molar-refractivity contribution in [2.45, 2.75) is 44.5 Å². The lowest BCUT2D eigenvalue weighted by Gasteiger charge is -2.09. The summed E-state index contributed by atoms with van der Waals surface area (Å²) < 4.78 is 31.2. The van der Waals surface area contributed by atoms with Gasteiger partial charge in [0.25, 0.3) is 10.0 Å². The molecule has 0 amide bonds. The summed E-state index contributed by atoms with van der Waals surface area (Å²) in [4.78, 5) is 0. The van der Waals surface area contributed by atoms with E-state index in [0.717, 1.165) is 0 Å². The summed E-state index contributed by atoms with van der Waals surface area (Å²) in [5.41, 5.74) is 0. The molecule has 7 heteroatoms. The maximum Gasteiger partial charge on any atom is 0.274 e. The molecule has 0 aliphatic rings. The summed E-state index contributed by atoms with van der Waals surface area (Å²) in [5, 5.41) is 11.8. The van der Waals surface area contributed by atoms with Crippen molar-refractivity contribution in [2.24, 2.45) is 0 Å². The van der Waals surface area contributed by atoms with Crippen LogP contribution in [0.1, 0.15) is 26.5 Å². The highest BCUT2D eigenvalue weighted by molar-refractivity contribution is 7.89.